The van der Waals surface area contributed by atoms with E-state index in [4.69, 9.17) is 5.73 Å². The summed E-state index contributed by atoms with van der Waals surface area (Å²) in [5, 5.41) is 9.63. The van der Waals surface area contributed by atoms with Gasteiger partial charge < -0.3 is 5.73 Å². The van der Waals surface area contributed by atoms with Crippen LogP contribution in [-0.4, -0.2) is 15.2 Å². The molecule has 4 rings (SSSR count). The minimum absolute atomic E-state index is 0.294. The molecule has 5 heteroatoms. The maximum absolute atomic E-state index is 13.8. The van der Waals surface area contributed by atoms with Gasteiger partial charge in [-0.3, -0.25) is 5.10 Å². The maximum Gasteiger partial charge on any atom is 0.125 e. The molecule has 0 unspecified atom stereocenters. The molecule has 0 aliphatic carbocycles. The molecule has 4 nitrogen and oxygen atoms in total. The first-order chi connectivity index (χ1) is 10.2. The maximum atomic E-state index is 13.8. The molecular weight excluding hydrogens is 267 g/mol. The van der Waals surface area contributed by atoms with Crippen molar-refractivity contribution in [3.63, 3.8) is 0 Å². The number of aromatic nitrogens is 3. The van der Waals surface area contributed by atoms with E-state index in [0.29, 0.717) is 11.3 Å². The zero-order valence-corrected chi connectivity index (χ0v) is 11.0. The molecule has 0 amide bonds. The number of nitrogens with two attached hydrogens (primary N) is 1. The number of rotatable bonds is 1. The fourth-order valence-corrected chi connectivity index (χ4v) is 2.58. The third kappa shape index (κ3) is 1.90. The number of nitrogen functional groups attached to an aromatic ring is 1. The first kappa shape index (κ1) is 11.8. The van der Waals surface area contributed by atoms with Gasteiger partial charge in [-0.2, -0.15) is 5.10 Å². The lowest BCUT2D eigenvalue weighted by Gasteiger charge is -2.06. The van der Waals surface area contributed by atoms with Gasteiger partial charge in [0.25, 0.3) is 0 Å². The summed E-state index contributed by atoms with van der Waals surface area (Å²) in [6, 6.07) is 10.7. The number of anilines is 1. The number of aromatic amines is 1. The molecule has 2 heterocycles. The van der Waals surface area contributed by atoms with Crippen molar-refractivity contribution < 1.29 is 4.39 Å². The smallest absolute Gasteiger partial charge is 0.125 e. The Hall–Kier alpha value is -2.95. The van der Waals surface area contributed by atoms with Crippen LogP contribution in [0.3, 0.4) is 0 Å². The van der Waals surface area contributed by atoms with E-state index in [1.54, 1.807) is 12.4 Å². The Labute approximate surface area is 119 Å². The number of hydrogen-bond acceptors (Lipinski definition) is 3. The minimum Gasteiger partial charge on any atom is -0.384 e. The van der Waals surface area contributed by atoms with Gasteiger partial charge in [0.1, 0.15) is 11.6 Å². The van der Waals surface area contributed by atoms with Crippen LogP contribution in [0.4, 0.5) is 10.2 Å². The third-order valence-corrected chi connectivity index (χ3v) is 3.58. The highest BCUT2D eigenvalue weighted by atomic mass is 19.1. The number of halogens is 1. The molecule has 2 aromatic carbocycles. The van der Waals surface area contributed by atoms with Crippen molar-refractivity contribution in [1.82, 2.24) is 15.2 Å². The zero-order valence-electron chi connectivity index (χ0n) is 11.0. The van der Waals surface area contributed by atoms with Crippen LogP contribution in [0.2, 0.25) is 0 Å². The van der Waals surface area contributed by atoms with Crippen LogP contribution in [0.5, 0.6) is 0 Å². The summed E-state index contributed by atoms with van der Waals surface area (Å²) in [4.78, 5) is 4.10. The number of fused-ring (bicyclic) bond motifs is 2. The van der Waals surface area contributed by atoms with Gasteiger partial charge in [0.05, 0.1) is 11.7 Å². The van der Waals surface area contributed by atoms with Crippen molar-refractivity contribution in [3.8, 4) is 11.1 Å². The fourth-order valence-electron chi connectivity index (χ4n) is 2.58. The van der Waals surface area contributed by atoms with Gasteiger partial charge in [0, 0.05) is 17.0 Å². The average molecular weight is 278 g/mol. The first-order valence-corrected chi connectivity index (χ1v) is 6.49. The van der Waals surface area contributed by atoms with Gasteiger partial charge in [0.2, 0.25) is 0 Å². The van der Waals surface area contributed by atoms with E-state index >= 15 is 0 Å². The average Bonchev–Trinajstić information content (AvgIpc) is 2.94. The van der Waals surface area contributed by atoms with Crippen LogP contribution in [0.1, 0.15) is 0 Å². The first-order valence-electron chi connectivity index (χ1n) is 6.49. The van der Waals surface area contributed by atoms with Crippen molar-refractivity contribution in [1.29, 1.82) is 0 Å². The lowest BCUT2D eigenvalue weighted by atomic mass is 9.99. The number of nitrogens with zero attached hydrogens (tertiary/aromatic N) is 2. The van der Waals surface area contributed by atoms with Crippen LogP contribution in [0.15, 0.2) is 48.8 Å². The topological polar surface area (TPSA) is 67.6 Å². The van der Waals surface area contributed by atoms with Gasteiger partial charge in [-0.15, -0.1) is 0 Å². The van der Waals surface area contributed by atoms with Crippen LogP contribution < -0.4 is 5.73 Å². The third-order valence-electron chi connectivity index (χ3n) is 3.58. The van der Waals surface area contributed by atoms with Gasteiger partial charge >= 0.3 is 0 Å². The van der Waals surface area contributed by atoms with E-state index in [0.717, 1.165) is 27.3 Å². The van der Waals surface area contributed by atoms with Crippen molar-refractivity contribution >= 4 is 27.5 Å². The second-order valence-electron chi connectivity index (χ2n) is 4.96. The normalized spacial score (nSPS) is 11.3. The monoisotopic (exact) mass is 278 g/mol. The molecule has 0 atom stereocenters. The summed E-state index contributed by atoms with van der Waals surface area (Å²) < 4.78 is 13.8. The Bertz CT molecular complexity index is 975. The second kappa shape index (κ2) is 4.28. The summed E-state index contributed by atoms with van der Waals surface area (Å²) in [5.74, 6) is 0.190. The largest absolute Gasteiger partial charge is 0.384 e. The second-order valence-corrected chi connectivity index (χ2v) is 4.96. The molecule has 0 aliphatic heterocycles. The Morgan fingerprint density at radius 2 is 1.90 bits per heavy atom. The molecule has 102 valence electrons. The molecule has 4 aromatic rings. The number of H-pyrrole nitrogens is 1. The summed E-state index contributed by atoms with van der Waals surface area (Å²) in [6.45, 7) is 0. The van der Waals surface area contributed by atoms with Crippen LogP contribution in [0.25, 0.3) is 32.8 Å². The van der Waals surface area contributed by atoms with E-state index in [1.165, 1.54) is 12.1 Å². The van der Waals surface area contributed by atoms with Crippen LogP contribution >= 0.6 is 0 Å². The van der Waals surface area contributed by atoms with Gasteiger partial charge in [-0.05, 0) is 40.8 Å². The van der Waals surface area contributed by atoms with E-state index in [-0.39, 0.29) is 5.82 Å². The van der Waals surface area contributed by atoms with E-state index in [9.17, 15) is 4.39 Å². The molecule has 0 radical (unpaired) electrons. The van der Waals surface area contributed by atoms with Crippen LogP contribution in [0, 0.1) is 5.82 Å². The highest BCUT2D eigenvalue weighted by molar-refractivity contribution is 5.97. The lowest BCUT2D eigenvalue weighted by Crippen LogP contribution is -1.89. The van der Waals surface area contributed by atoms with E-state index in [2.05, 4.69) is 15.2 Å². The van der Waals surface area contributed by atoms with Crippen molar-refractivity contribution in [2.24, 2.45) is 0 Å². The molecule has 21 heavy (non-hydrogen) atoms. The fraction of sp³-hybridized carbons (Fsp3) is 0. The van der Waals surface area contributed by atoms with Crippen molar-refractivity contribution in [2.45, 2.75) is 0 Å². The number of nitrogens with one attached hydrogen (secondary N) is 1. The Morgan fingerprint density at radius 1 is 1.00 bits per heavy atom. The molecule has 0 saturated carbocycles. The summed E-state index contributed by atoms with van der Waals surface area (Å²) >= 11 is 0. The molecule has 0 saturated heterocycles. The molecule has 0 aliphatic rings. The highest BCUT2D eigenvalue weighted by Crippen LogP contribution is 2.31. The van der Waals surface area contributed by atoms with Crippen molar-refractivity contribution in [2.75, 3.05) is 5.73 Å². The minimum atomic E-state index is -0.294. The van der Waals surface area contributed by atoms with Gasteiger partial charge in [-0.1, -0.05) is 12.1 Å². The summed E-state index contributed by atoms with van der Waals surface area (Å²) in [6.07, 6.45) is 3.43. The molecule has 3 N–H and O–H groups in total. The number of hydrogen-bond donors (Lipinski definition) is 2. The highest BCUT2D eigenvalue weighted by Gasteiger charge is 2.09. The van der Waals surface area contributed by atoms with Gasteiger partial charge in [-0.25, -0.2) is 9.37 Å². The molecule has 2 aromatic heterocycles. The molecule has 0 fully saturated rings. The Morgan fingerprint density at radius 3 is 2.81 bits per heavy atom. The standard InChI is InChI=1S/C16H11FN4/c17-12-5-13(14-8-20-21-15(14)6-12)10-2-1-9-4-16(18)19-7-11(9)3-10/h1-8H,(H2,18,19)(H,20,21). The SMILES string of the molecule is Nc1cc2ccc(-c3cc(F)cc4[nH]ncc34)cc2cn1. The molecule has 0 bridgehead atoms. The lowest BCUT2D eigenvalue weighted by molar-refractivity contribution is 0.630. The Balaban J connectivity index is 1.99. The molecule has 0 spiro atoms. The molecular formula is C16H11FN4. The predicted molar refractivity (Wildman–Crippen MR) is 81.2 cm³/mol. The van der Waals surface area contributed by atoms with Crippen molar-refractivity contribution in [3.05, 3.63) is 54.6 Å². The predicted octanol–water partition coefficient (Wildman–Crippen LogP) is 3.50. The zero-order chi connectivity index (χ0) is 14.4. The van der Waals surface area contributed by atoms with Gasteiger partial charge in [0.15, 0.2) is 0 Å². The van der Waals surface area contributed by atoms with E-state index in [1.807, 2.05) is 24.3 Å². The quantitative estimate of drug-likeness (QED) is 0.560. The Kier molecular flexibility index (Phi) is 2.41. The summed E-state index contributed by atoms with van der Waals surface area (Å²) in [5.41, 5.74) is 8.08. The summed E-state index contributed by atoms with van der Waals surface area (Å²) in [7, 11) is 0. The number of benzene rings is 2. The number of pyridine rings is 1. The van der Waals surface area contributed by atoms with Crippen LogP contribution in [-0.2, 0) is 0 Å². The van der Waals surface area contributed by atoms with E-state index < -0.39 is 0 Å².